The van der Waals surface area contributed by atoms with Crippen LogP contribution >= 0.6 is 0 Å². The fourth-order valence-corrected chi connectivity index (χ4v) is 2.92. The molecular weight excluding hydrogens is 250 g/mol. The maximum absolute atomic E-state index is 6.28. The predicted octanol–water partition coefficient (Wildman–Crippen LogP) is 3.68. The van der Waals surface area contributed by atoms with Crippen molar-refractivity contribution >= 4 is 0 Å². The SMILES string of the molecule is CCOc1ccccc1C(N)COC1CCCCC1C. The number of rotatable bonds is 6. The highest BCUT2D eigenvalue weighted by Gasteiger charge is 2.23. The van der Waals surface area contributed by atoms with Crippen molar-refractivity contribution in [3.63, 3.8) is 0 Å². The molecule has 0 aliphatic heterocycles. The van der Waals surface area contributed by atoms with Crippen LogP contribution in [0.25, 0.3) is 0 Å². The number of para-hydroxylation sites is 1. The summed E-state index contributed by atoms with van der Waals surface area (Å²) in [4.78, 5) is 0. The fourth-order valence-electron chi connectivity index (χ4n) is 2.92. The smallest absolute Gasteiger partial charge is 0.124 e. The van der Waals surface area contributed by atoms with Crippen molar-refractivity contribution in [3.8, 4) is 5.75 Å². The fraction of sp³-hybridized carbons (Fsp3) is 0.647. The van der Waals surface area contributed by atoms with Gasteiger partial charge in [-0.3, -0.25) is 0 Å². The molecule has 0 saturated heterocycles. The van der Waals surface area contributed by atoms with Crippen LogP contribution in [0.2, 0.25) is 0 Å². The van der Waals surface area contributed by atoms with E-state index in [-0.39, 0.29) is 6.04 Å². The second kappa shape index (κ2) is 7.65. The molecule has 0 radical (unpaired) electrons. The zero-order chi connectivity index (χ0) is 14.4. The van der Waals surface area contributed by atoms with Gasteiger partial charge in [0.15, 0.2) is 0 Å². The Labute approximate surface area is 122 Å². The molecule has 1 aromatic rings. The van der Waals surface area contributed by atoms with Crippen molar-refractivity contribution in [2.24, 2.45) is 11.7 Å². The molecule has 0 bridgehead atoms. The summed E-state index contributed by atoms with van der Waals surface area (Å²) >= 11 is 0. The summed E-state index contributed by atoms with van der Waals surface area (Å²) in [5.41, 5.74) is 7.32. The third kappa shape index (κ3) is 3.97. The van der Waals surface area contributed by atoms with E-state index in [4.69, 9.17) is 15.2 Å². The van der Waals surface area contributed by atoms with E-state index in [0.717, 1.165) is 11.3 Å². The summed E-state index contributed by atoms with van der Waals surface area (Å²) in [6.45, 7) is 5.50. The summed E-state index contributed by atoms with van der Waals surface area (Å²) in [5, 5.41) is 0. The van der Waals surface area contributed by atoms with E-state index in [2.05, 4.69) is 6.92 Å². The lowest BCUT2D eigenvalue weighted by Crippen LogP contribution is -2.29. The summed E-state index contributed by atoms with van der Waals surface area (Å²) in [5.74, 6) is 1.53. The van der Waals surface area contributed by atoms with Crippen molar-refractivity contribution in [1.29, 1.82) is 0 Å². The molecule has 3 nitrogen and oxygen atoms in total. The molecule has 0 spiro atoms. The molecule has 3 unspecified atom stereocenters. The van der Waals surface area contributed by atoms with Crippen LogP contribution in [0.3, 0.4) is 0 Å². The normalized spacial score (nSPS) is 24.4. The quantitative estimate of drug-likeness (QED) is 0.862. The van der Waals surface area contributed by atoms with Gasteiger partial charge in [0.1, 0.15) is 5.75 Å². The lowest BCUT2D eigenvalue weighted by molar-refractivity contribution is -0.0115. The molecule has 2 rings (SSSR count). The van der Waals surface area contributed by atoms with Gasteiger partial charge >= 0.3 is 0 Å². The Morgan fingerprint density at radius 3 is 2.75 bits per heavy atom. The Morgan fingerprint density at radius 2 is 2.00 bits per heavy atom. The highest BCUT2D eigenvalue weighted by atomic mass is 16.5. The summed E-state index contributed by atoms with van der Waals surface area (Å²) in [6, 6.07) is 7.86. The van der Waals surface area contributed by atoms with Gasteiger partial charge in [-0.05, 0) is 31.7 Å². The second-order valence-corrected chi connectivity index (χ2v) is 5.71. The number of benzene rings is 1. The predicted molar refractivity (Wildman–Crippen MR) is 81.9 cm³/mol. The second-order valence-electron chi connectivity index (χ2n) is 5.71. The molecule has 0 heterocycles. The van der Waals surface area contributed by atoms with Gasteiger partial charge in [0.2, 0.25) is 0 Å². The molecule has 2 N–H and O–H groups in total. The topological polar surface area (TPSA) is 44.5 Å². The number of hydrogen-bond acceptors (Lipinski definition) is 3. The maximum Gasteiger partial charge on any atom is 0.124 e. The average Bonchev–Trinajstić information content (AvgIpc) is 2.47. The molecule has 1 aliphatic rings. The standard InChI is InChI=1S/C17H27NO2/c1-3-19-17-11-7-5-9-14(17)15(18)12-20-16-10-6-4-8-13(16)2/h5,7,9,11,13,15-16H,3-4,6,8,10,12,18H2,1-2H3. The zero-order valence-corrected chi connectivity index (χ0v) is 12.7. The maximum atomic E-state index is 6.28. The summed E-state index contributed by atoms with van der Waals surface area (Å²) in [7, 11) is 0. The van der Waals surface area contributed by atoms with Crippen molar-refractivity contribution in [3.05, 3.63) is 29.8 Å². The third-order valence-electron chi connectivity index (χ3n) is 4.14. The summed E-state index contributed by atoms with van der Waals surface area (Å²) < 4.78 is 11.7. The Balaban J connectivity index is 1.92. The first kappa shape index (κ1) is 15.3. The van der Waals surface area contributed by atoms with Gasteiger partial charge in [-0.2, -0.15) is 0 Å². The van der Waals surface area contributed by atoms with Gasteiger partial charge in [-0.15, -0.1) is 0 Å². The van der Waals surface area contributed by atoms with Gasteiger partial charge < -0.3 is 15.2 Å². The number of ether oxygens (including phenoxy) is 2. The number of nitrogens with two attached hydrogens (primary N) is 1. The van der Waals surface area contributed by atoms with E-state index >= 15 is 0 Å². The molecule has 3 heteroatoms. The van der Waals surface area contributed by atoms with E-state index in [9.17, 15) is 0 Å². The van der Waals surface area contributed by atoms with Crippen molar-refractivity contribution in [2.45, 2.75) is 51.7 Å². The van der Waals surface area contributed by atoms with Gasteiger partial charge in [-0.1, -0.05) is 38.0 Å². The van der Waals surface area contributed by atoms with E-state index in [1.54, 1.807) is 0 Å². The molecule has 1 saturated carbocycles. The Morgan fingerprint density at radius 1 is 1.25 bits per heavy atom. The first-order chi connectivity index (χ1) is 9.72. The van der Waals surface area contributed by atoms with Gasteiger partial charge in [-0.25, -0.2) is 0 Å². The van der Waals surface area contributed by atoms with Crippen LogP contribution in [0.5, 0.6) is 5.75 Å². The van der Waals surface area contributed by atoms with E-state index in [1.165, 1.54) is 25.7 Å². The lowest BCUT2D eigenvalue weighted by Gasteiger charge is -2.30. The van der Waals surface area contributed by atoms with Gasteiger partial charge in [0.25, 0.3) is 0 Å². The largest absolute Gasteiger partial charge is 0.494 e. The minimum Gasteiger partial charge on any atom is -0.494 e. The molecule has 1 fully saturated rings. The van der Waals surface area contributed by atoms with Crippen LogP contribution in [-0.2, 0) is 4.74 Å². The van der Waals surface area contributed by atoms with E-state index in [1.807, 2.05) is 31.2 Å². The monoisotopic (exact) mass is 277 g/mol. The molecular formula is C17H27NO2. The van der Waals surface area contributed by atoms with Gasteiger partial charge in [0, 0.05) is 5.56 Å². The molecule has 0 aromatic heterocycles. The minimum absolute atomic E-state index is 0.119. The highest BCUT2D eigenvalue weighted by molar-refractivity contribution is 5.35. The molecule has 0 amide bonds. The molecule has 1 aromatic carbocycles. The highest BCUT2D eigenvalue weighted by Crippen LogP contribution is 2.28. The lowest BCUT2D eigenvalue weighted by atomic mass is 9.88. The number of hydrogen-bond donors (Lipinski definition) is 1. The molecule has 3 atom stereocenters. The Hall–Kier alpha value is -1.06. The van der Waals surface area contributed by atoms with Crippen LogP contribution < -0.4 is 10.5 Å². The van der Waals surface area contributed by atoms with Gasteiger partial charge in [0.05, 0.1) is 25.4 Å². The van der Waals surface area contributed by atoms with Crippen molar-refractivity contribution < 1.29 is 9.47 Å². The molecule has 112 valence electrons. The third-order valence-corrected chi connectivity index (χ3v) is 4.14. The zero-order valence-electron chi connectivity index (χ0n) is 12.7. The van der Waals surface area contributed by atoms with Crippen LogP contribution in [0.1, 0.15) is 51.1 Å². The first-order valence-corrected chi connectivity index (χ1v) is 7.81. The van der Waals surface area contributed by atoms with E-state index in [0.29, 0.717) is 25.2 Å². The van der Waals surface area contributed by atoms with Crippen molar-refractivity contribution in [1.82, 2.24) is 0 Å². The van der Waals surface area contributed by atoms with Crippen molar-refractivity contribution in [2.75, 3.05) is 13.2 Å². The summed E-state index contributed by atoms with van der Waals surface area (Å²) in [6.07, 6.45) is 5.42. The van der Waals surface area contributed by atoms with Crippen LogP contribution in [0, 0.1) is 5.92 Å². The van der Waals surface area contributed by atoms with E-state index < -0.39 is 0 Å². The Bertz CT molecular complexity index is 408. The minimum atomic E-state index is -0.119. The average molecular weight is 277 g/mol. The molecule has 20 heavy (non-hydrogen) atoms. The first-order valence-electron chi connectivity index (χ1n) is 7.81. The molecule has 1 aliphatic carbocycles. The Kier molecular flexibility index (Phi) is 5.86. The van der Waals surface area contributed by atoms with Crippen LogP contribution in [0.4, 0.5) is 0 Å². The van der Waals surface area contributed by atoms with Crippen LogP contribution in [0.15, 0.2) is 24.3 Å². The van der Waals surface area contributed by atoms with Crippen LogP contribution in [-0.4, -0.2) is 19.3 Å².